The van der Waals surface area contributed by atoms with Gasteiger partial charge in [-0.3, -0.25) is 0 Å². The van der Waals surface area contributed by atoms with Gasteiger partial charge in [-0.1, -0.05) is 0 Å². The average molecular weight is 275 g/mol. The van der Waals surface area contributed by atoms with Crippen LogP contribution in [0, 0.1) is 0 Å². The van der Waals surface area contributed by atoms with E-state index in [9.17, 15) is 13.2 Å². The lowest BCUT2D eigenvalue weighted by molar-refractivity contribution is 0.228. The number of amides is 2. The molecule has 2 aliphatic rings. The maximum Gasteiger partial charge on any atom is 0.315 e. The first-order valence-electron chi connectivity index (χ1n) is 6.53. The second-order valence-corrected chi connectivity index (χ2v) is 7.37. The molecule has 0 aromatic rings. The molecule has 0 bridgehead atoms. The predicted molar refractivity (Wildman–Crippen MR) is 69.2 cm³/mol. The molecule has 3 N–H and O–H groups in total. The Labute approximate surface area is 108 Å². The molecule has 104 valence electrons. The van der Waals surface area contributed by atoms with E-state index in [0.29, 0.717) is 12.8 Å². The van der Waals surface area contributed by atoms with Gasteiger partial charge in [0, 0.05) is 12.1 Å². The number of hydrogen-bond acceptors (Lipinski definition) is 4. The Hall–Kier alpha value is -0.820. The Kier molecular flexibility index (Phi) is 4.45. The Balaban J connectivity index is 1.71. The molecule has 0 unspecified atom stereocenters. The highest BCUT2D eigenvalue weighted by Gasteiger charge is 2.25. The van der Waals surface area contributed by atoms with E-state index in [1.165, 1.54) is 0 Å². The third kappa shape index (κ3) is 4.13. The van der Waals surface area contributed by atoms with Crippen LogP contribution in [0.5, 0.6) is 0 Å². The lowest BCUT2D eigenvalue weighted by Gasteiger charge is -2.27. The zero-order chi connectivity index (χ0) is 13.0. The van der Waals surface area contributed by atoms with Crippen LogP contribution in [0.4, 0.5) is 4.79 Å². The van der Waals surface area contributed by atoms with Crippen LogP contribution in [-0.4, -0.2) is 51.1 Å². The first-order valence-corrected chi connectivity index (χ1v) is 8.35. The summed E-state index contributed by atoms with van der Waals surface area (Å²) in [4.78, 5) is 11.7. The molecule has 0 atom stereocenters. The molecule has 2 fully saturated rings. The molecule has 0 aromatic heterocycles. The van der Waals surface area contributed by atoms with Crippen molar-refractivity contribution in [3.05, 3.63) is 0 Å². The number of carbonyl (C=O) groups excluding carboxylic acids is 1. The van der Waals surface area contributed by atoms with Crippen LogP contribution in [-0.2, 0) is 9.84 Å². The number of nitrogens with one attached hydrogen (secondary N) is 3. The fraction of sp³-hybridized carbons (Fsp3) is 0.909. The van der Waals surface area contributed by atoms with Crippen molar-refractivity contribution in [1.82, 2.24) is 16.0 Å². The summed E-state index contributed by atoms with van der Waals surface area (Å²) in [7, 11) is -2.86. The fourth-order valence-corrected chi connectivity index (χ4v) is 3.90. The Morgan fingerprint density at radius 3 is 2.00 bits per heavy atom. The summed E-state index contributed by atoms with van der Waals surface area (Å²) < 4.78 is 22.5. The number of hydrogen-bond donors (Lipinski definition) is 3. The standard InChI is InChI=1S/C11H21N3O3S/c15-11(13-9-1-5-12-6-2-9)14-10-3-7-18(16,17)8-4-10/h9-10,12H,1-8H2,(H2,13,14,15). The largest absolute Gasteiger partial charge is 0.335 e. The van der Waals surface area contributed by atoms with E-state index >= 15 is 0 Å². The molecule has 2 amide bonds. The number of rotatable bonds is 2. The molecule has 2 aliphatic heterocycles. The van der Waals surface area contributed by atoms with E-state index in [1.807, 2.05) is 0 Å². The lowest BCUT2D eigenvalue weighted by Crippen LogP contribution is -2.50. The third-order valence-electron chi connectivity index (χ3n) is 3.56. The zero-order valence-corrected chi connectivity index (χ0v) is 11.3. The van der Waals surface area contributed by atoms with Crippen molar-refractivity contribution in [2.75, 3.05) is 24.6 Å². The predicted octanol–water partition coefficient (Wildman–Crippen LogP) is -0.385. The quantitative estimate of drug-likeness (QED) is 0.641. The molecule has 6 nitrogen and oxygen atoms in total. The van der Waals surface area contributed by atoms with Gasteiger partial charge in [0.15, 0.2) is 0 Å². The van der Waals surface area contributed by atoms with Crippen molar-refractivity contribution in [3.63, 3.8) is 0 Å². The molecular weight excluding hydrogens is 254 g/mol. The second kappa shape index (κ2) is 5.88. The number of urea groups is 1. The average Bonchev–Trinajstić information content (AvgIpc) is 2.33. The van der Waals surface area contributed by atoms with Crippen LogP contribution in [0.3, 0.4) is 0 Å². The van der Waals surface area contributed by atoms with E-state index < -0.39 is 9.84 Å². The molecule has 0 spiro atoms. The lowest BCUT2D eigenvalue weighted by atomic mass is 10.1. The molecular formula is C11H21N3O3S. The molecule has 0 saturated carbocycles. The van der Waals surface area contributed by atoms with Crippen molar-refractivity contribution in [1.29, 1.82) is 0 Å². The first-order chi connectivity index (χ1) is 8.55. The molecule has 0 radical (unpaired) electrons. The summed E-state index contributed by atoms with van der Waals surface area (Å²) in [6.07, 6.45) is 2.96. The summed E-state index contributed by atoms with van der Waals surface area (Å²) in [6, 6.07) is 0.0695. The molecule has 2 rings (SSSR count). The monoisotopic (exact) mass is 275 g/mol. The highest BCUT2D eigenvalue weighted by molar-refractivity contribution is 7.91. The van der Waals surface area contributed by atoms with Crippen LogP contribution in [0.15, 0.2) is 0 Å². The summed E-state index contributed by atoms with van der Waals surface area (Å²) in [6.45, 7) is 1.87. The Morgan fingerprint density at radius 1 is 0.944 bits per heavy atom. The summed E-state index contributed by atoms with van der Waals surface area (Å²) in [5.41, 5.74) is 0. The second-order valence-electron chi connectivity index (χ2n) is 5.07. The van der Waals surface area contributed by atoms with Crippen LogP contribution in [0.25, 0.3) is 0 Å². The van der Waals surface area contributed by atoms with Gasteiger partial charge in [-0.05, 0) is 38.8 Å². The topological polar surface area (TPSA) is 87.3 Å². The fourth-order valence-electron chi connectivity index (χ4n) is 2.41. The van der Waals surface area contributed by atoms with Gasteiger partial charge in [0.25, 0.3) is 0 Å². The van der Waals surface area contributed by atoms with Crippen molar-refractivity contribution >= 4 is 15.9 Å². The number of carbonyl (C=O) groups is 1. The van der Waals surface area contributed by atoms with Crippen molar-refractivity contribution in [2.45, 2.75) is 37.8 Å². The van der Waals surface area contributed by atoms with Crippen molar-refractivity contribution in [3.8, 4) is 0 Å². The SMILES string of the molecule is O=C(NC1CCNCC1)NC1CCS(=O)(=O)CC1. The van der Waals surface area contributed by atoms with Gasteiger partial charge in [-0.25, -0.2) is 13.2 Å². The van der Waals surface area contributed by atoms with Crippen LogP contribution < -0.4 is 16.0 Å². The van der Waals surface area contributed by atoms with Crippen molar-refractivity contribution in [2.24, 2.45) is 0 Å². The summed E-state index contributed by atoms with van der Waals surface area (Å²) in [5.74, 6) is 0.372. The summed E-state index contributed by atoms with van der Waals surface area (Å²) in [5, 5.41) is 9.06. The highest BCUT2D eigenvalue weighted by Crippen LogP contribution is 2.12. The van der Waals surface area contributed by atoms with Crippen LogP contribution >= 0.6 is 0 Å². The van der Waals surface area contributed by atoms with Crippen molar-refractivity contribution < 1.29 is 13.2 Å². The minimum absolute atomic E-state index is 0.00441. The zero-order valence-electron chi connectivity index (χ0n) is 10.4. The molecule has 2 heterocycles. The highest BCUT2D eigenvalue weighted by atomic mass is 32.2. The molecule has 18 heavy (non-hydrogen) atoms. The minimum atomic E-state index is -2.86. The Morgan fingerprint density at radius 2 is 1.44 bits per heavy atom. The molecule has 0 aromatic carbocycles. The normalized spacial score (nSPS) is 25.6. The molecule has 0 aliphatic carbocycles. The van der Waals surface area contributed by atoms with Gasteiger partial charge in [-0.15, -0.1) is 0 Å². The van der Waals surface area contributed by atoms with Gasteiger partial charge in [-0.2, -0.15) is 0 Å². The van der Waals surface area contributed by atoms with Crippen LogP contribution in [0.2, 0.25) is 0 Å². The van der Waals surface area contributed by atoms with Gasteiger partial charge in [0.2, 0.25) is 0 Å². The molecule has 7 heteroatoms. The van der Waals surface area contributed by atoms with Gasteiger partial charge < -0.3 is 16.0 Å². The number of piperidine rings is 1. The van der Waals surface area contributed by atoms with Crippen LogP contribution in [0.1, 0.15) is 25.7 Å². The molecule has 2 saturated heterocycles. The number of sulfone groups is 1. The van der Waals surface area contributed by atoms with E-state index in [1.54, 1.807) is 0 Å². The maximum atomic E-state index is 11.7. The van der Waals surface area contributed by atoms with E-state index in [2.05, 4.69) is 16.0 Å². The van der Waals surface area contributed by atoms with E-state index in [0.717, 1.165) is 25.9 Å². The van der Waals surface area contributed by atoms with Gasteiger partial charge >= 0.3 is 6.03 Å². The van der Waals surface area contributed by atoms with Gasteiger partial charge in [0.1, 0.15) is 9.84 Å². The van der Waals surface area contributed by atoms with E-state index in [4.69, 9.17) is 0 Å². The van der Waals surface area contributed by atoms with Gasteiger partial charge in [0.05, 0.1) is 11.5 Å². The smallest absolute Gasteiger partial charge is 0.315 e. The maximum absolute atomic E-state index is 11.7. The first kappa shape index (κ1) is 13.6. The van der Waals surface area contributed by atoms with E-state index in [-0.39, 0.29) is 29.6 Å². The Bertz CT molecular complexity index is 376. The minimum Gasteiger partial charge on any atom is -0.335 e. The summed E-state index contributed by atoms with van der Waals surface area (Å²) >= 11 is 0. The third-order valence-corrected chi connectivity index (χ3v) is 5.28.